The van der Waals surface area contributed by atoms with Gasteiger partial charge in [-0.05, 0) is 18.6 Å². The highest BCUT2D eigenvalue weighted by Crippen LogP contribution is 2.30. The maximum atomic E-state index is 12.3. The summed E-state index contributed by atoms with van der Waals surface area (Å²) in [5.41, 5.74) is 0.274. The molecule has 0 spiro atoms. The average molecular weight is 251 g/mol. The maximum absolute atomic E-state index is 12.3. The van der Waals surface area contributed by atoms with Crippen LogP contribution in [0, 0.1) is 0 Å². The third-order valence-electron chi connectivity index (χ3n) is 2.96. The Balaban J connectivity index is 2.22. The highest BCUT2D eigenvalue weighted by Gasteiger charge is 2.21. The molecule has 0 radical (unpaired) electrons. The molecule has 1 saturated heterocycles. The molecule has 5 nitrogen and oxygen atoms in total. The molecule has 1 aromatic carbocycles. The van der Waals surface area contributed by atoms with E-state index in [1.54, 1.807) is 23.1 Å². The Kier molecular flexibility index (Phi) is 4.04. The zero-order valence-electron chi connectivity index (χ0n) is 10.4. The fraction of sp³-hybridized carbons (Fsp3) is 0.462. The molecule has 1 heterocycles. The van der Waals surface area contributed by atoms with E-state index in [4.69, 9.17) is 9.47 Å². The number of methoxy groups -OCH3 is 1. The highest BCUT2D eigenvalue weighted by molar-refractivity contribution is 5.97. The lowest BCUT2D eigenvalue weighted by Gasteiger charge is -2.20. The largest absolute Gasteiger partial charge is 0.504 e. The van der Waals surface area contributed by atoms with Gasteiger partial charge in [-0.2, -0.15) is 0 Å². The third-order valence-corrected chi connectivity index (χ3v) is 2.96. The second kappa shape index (κ2) is 5.73. The first-order valence-electron chi connectivity index (χ1n) is 5.97. The summed E-state index contributed by atoms with van der Waals surface area (Å²) < 4.78 is 10.3. The van der Waals surface area contributed by atoms with Crippen molar-refractivity contribution >= 4 is 5.91 Å². The standard InChI is InChI=1S/C13H17NO4/c1-17-11-5-2-4-10(12(11)15)13(16)14-6-3-8-18-9-7-14/h2,4-5,15H,3,6-9H2,1H3. The molecule has 98 valence electrons. The molecule has 0 bridgehead atoms. The third kappa shape index (κ3) is 2.56. The lowest BCUT2D eigenvalue weighted by Crippen LogP contribution is -2.33. The predicted molar refractivity (Wildman–Crippen MR) is 66.0 cm³/mol. The summed E-state index contributed by atoms with van der Waals surface area (Å²) in [7, 11) is 1.46. The number of hydrogen-bond acceptors (Lipinski definition) is 4. The summed E-state index contributed by atoms with van der Waals surface area (Å²) in [6.45, 7) is 2.41. The van der Waals surface area contributed by atoms with Crippen LogP contribution in [0.15, 0.2) is 18.2 Å². The van der Waals surface area contributed by atoms with Gasteiger partial charge in [-0.1, -0.05) is 6.07 Å². The molecule has 0 saturated carbocycles. The molecule has 0 unspecified atom stereocenters. The lowest BCUT2D eigenvalue weighted by atomic mass is 10.1. The van der Waals surface area contributed by atoms with Gasteiger partial charge in [0.2, 0.25) is 0 Å². The van der Waals surface area contributed by atoms with Crippen molar-refractivity contribution in [3.05, 3.63) is 23.8 Å². The van der Waals surface area contributed by atoms with Crippen molar-refractivity contribution in [3.8, 4) is 11.5 Å². The summed E-state index contributed by atoms with van der Waals surface area (Å²) in [6, 6.07) is 4.92. The lowest BCUT2D eigenvalue weighted by molar-refractivity contribution is 0.0737. The van der Waals surface area contributed by atoms with Gasteiger partial charge in [-0.15, -0.1) is 0 Å². The van der Waals surface area contributed by atoms with Crippen LogP contribution < -0.4 is 4.74 Å². The van der Waals surface area contributed by atoms with Crippen molar-refractivity contribution in [1.82, 2.24) is 4.90 Å². The molecule has 0 atom stereocenters. The number of ether oxygens (including phenoxy) is 2. The number of aromatic hydroxyl groups is 1. The molecule has 0 aromatic heterocycles. The van der Waals surface area contributed by atoms with E-state index in [0.29, 0.717) is 32.1 Å². The summed E-state index contributed by atoms with van der Waals surface area (Å²) >= 11 is 0. The minimum atomic E-state index is -0.183. The topological polar surface area (TPSA) is 59.0 Å². The minimum Gasteiger partial charge on any atom is -0.504 e. The number of hydrogen-bond donors (Lipinski definition) is 1. The number of rotatable bonds is 2. The zero-order chi connectivity index (χ0) is 13.0. The van der Waals surface area contributed by atoms with Crippen molar-refractivity contribution < 1.29 is 19.4 Å². The summed E-state index contributed by atoms with van der Waals surface area (Å²) in [5, 5.41) is 9.96. The normalized spacial score (nSPS) is 16.2. The van der Waals surface area contributed by atoms with Crippen LogP contribution in [0.2, 0.25) is 0 Å². The van der Waals surface area contributed by atoms with Crippen LogP contribution in [0.5, 0.6) is 11.5 Å². The van der Waals surface area contributed by atoms with Gasteiger partial charge in [0.15, 0.2) is 11.5 Å². The Labute approximate surface area is 106 Å². The van der Waals surface area contributed by atoms with Crippen molar-refractivity contribution in [1.29, 1.82) is 0 Å². The van der Waals surface area contributed by atoms with E-state index < -0.39 is 0 Å². The highest BCUT2D eigenvalue weighted by atomic mass is 16.5. The molecule has 1 amide bonds. The van der Waals surface area contributed by atoms with Gasteiger partial charge in [-0.25, -0.2) is 0 Å². The van der Waals surface area contributed by atoms with E-state index in [1.807, 2.05) is 0 Å². The van der Waals surface area contributed by atoms with Crippen LogP contribution in [0.25, 0.3) is 0 Å². The molecular formula is C13H17NO4. The summed E-state index contributed by atoms with van der Waals surface area (Å²) in [4.78, 5) is 14.0. The number of carbonyl (C=O) groups is 1. The minimum absolute atomic E-state index is 0.102. The van der Waals surface area contributed by atoms with Gasteiger partial charge in [0.05, 0.1) is 19.3 Å². The zero-order valence-corrected chi connectivity index (χ0v) is 10.4. The van der Waals surface area contributed by atoms with E-state index in [9.17, 15) is 9.90 Å². The van der Waals surface area contributed by atoms with Gasteiger partial charge >= 0.3 is 0 Å². The first-order chi connectivity index (χ1) is 8.74. The van der Waals surface area contributed by atoms with E-state index in [2.05, 4.69) is 0 Å². The molecule has 1 aromatic rings. The van der Waals surface area contributed by atoms with Crippen molar-refractivity contribution in [2.75, 3.05) is 33.4 Å². The molecule has 18 heavy (non-hydrogen) atoms. The Hall–Kier alpha value is -1.75. The Morgan fingerprint density at radius 1 is 1.39 bits per heavy atom. The molecule has 5 heteroatoms. The predicted octanol–water partition coefficient (Wildman–Crippen LogP) is 1.26. The second-order valence-corrected chi connectivity index (χ2v) is 4.11. The van der Waals surface area contributed by atoms with Crippen molar-refractivity contribution in [2.45, 2.75) is 6.42 Å². The van der Waals surface area contributed by atoms with E-state index in [-0.39, 0.29) is 17.2 Å². The van der Waals surface area contributed by atoms with Crippen LogP contribution >= 0.6 is 0 Å². The van der Waals surface area contributed by atoms with Crippen LogP contribution in [-0.4, -0.2) is 49.3 Å². The van der Waals surface area contributed by atoms with E-state index >= 15 is 0 Å². The molecule has 2 rings (SSSR count). The molecule has 1 fully saturated rings. The first kappa shape index (κ1) is 12.7. The second-order valence-electron chi connectivity index (χ2n) is 4.11. The maximum Gasteiger partial charge on any atom is 0.257 e. The van der Waals surface area contributed by atoms with Gasteiger partial charge < -0.3 is 19.5 Å². The van der Waals surface area contributed by atoms with E-state index in [1.165, 1.54) is 7.11 Å². The smallest absolute Gasteiger partial charge is 0.257 e. The number of phenolic OH excluding ortho intramolecular Hbond substituents is 1. The number of phenols is 1. The summed E-state index contributed by atoms with van der Waals surface area (Å²) in [6.07, 6.45) is 0.816. The fourth-order valence-corrected chi connectivity index (χ4v) is 1.98. The monoisotopic (exact) mass is 251 g/mol. The Morgan fingerprint density at radius 2 is 2.22 bits per heavy atom. The van der Waals surface area contributed by atoms with Crippen molar-refractivity contribution in [2.24, 2.45) is 0 Å². The number of nitrogens with zero attached hydrogens (tertiary/aromatic N) is 1. The van der Waals surface area contributed by atoms with Gasteiger partial charge in [0, 0.05) is 19.7 Å². The van der Waals surface area contributed by atoms with Crippen molar-refractivity contribution in [3.63, 3.8) is 0 Å². The first-order valence-corrected chi connectivity index (χ1v) is 5.97. The quantitative estimate of drug-likeness (QED) is 0.859. The molecule has 1 aliphatic rings. The van der Waals surface area contributed by atoms with Gasteiger partial charge in [-0.3, -0.25) is 4.79 Å². The van der Waals surface area contributed by atoms with Crippen LogP contribution in [0.4, 0.5) is 0 Å². The Bertz CT molecular complexity index is 425. The number of carbonyl (C=O) groups excluding carboxylic acids is 1. The number of amides is 1. The van der Waals surface area contributed by atoms with Crippen LogP contribution in [0.3, 0.4) is 0 Å². The number of benzene rings is 1. The Morgan fingerprint density at radius 3 is 3.00 bits per heavy atom. The van der Waals surface area contributed by atoms with Crippen LogP contribution in [0.1, 0.15) is 16.8 Å². The SMILES string of the molecule is COc1cccc(C(=O)N2CCCOCC2)c1O. The summed E-state index contributed by atoms with van der Waals surface area (Å²) in [5.74, 6) is 0.0268. The van der Waals surface area contributed by atoms with Gasteiger partial charge in [0.1, 0.15) is 0 Å². The van der Waals surface area contributed by atoms with Gasteiger partial charge in [0.25, 0.3) is 5.91 Å². The molecular weight excluding hydrogens is 234 g/mol. The molecule has 1 aliphatic heterocycles. The average Bonchev–Trinajstić information content (AvgIpc) is 2.67. The van der Waals surface area contributed by atoms with Crippen LogP contribution in [-0.2, 0) is 4.74 Å². The fourth-order valence-electron chi connectivity index (χ4n) is 1.98. The number of para-hydroxylation sites is 1. The molecule has 0 aliphatic carbocycles. The van der Waals surface area contributed by atoms with E-state index in [0.717, 1.165) is 6.42 Å². The molecule has 1 N–H and O–H groups in total.